The lowest BCUT2D eigenvalue weighted by Gasteiger charge is -1.94. The zero-order valence-electron chi connectivity index (χ0n) is 5.14. The van der Waals surface area contributed by atoms with Crippen molar-refractivity contribution in [2.24, 2.45) is 0 Å². The fourth-order valence-corrected chi connectivity index (χ4v) is 0.209. The van der Waals surface area contributed by atoms with Crippen molar-refractivity contribution in [2.75, 3.05) is 6.61 Å². The van der Waals surface area contributed by atoms with Crippen LogP contribution in [0.15, 0.2) is 0 Å². The van der Waals surface area contributed by atoms with Crippen LogP contribution >= 0.6 is 0 Å². The molecule has 1 radical (unpaired) electrons. The van der Waals surface area contributed by atoms with Crippen molar-refractivity contribution in [3.8, 4) is 11.8 Å². The van der Waals surface area contributed by atoms with Gasteiger partial charge >= 0.3 is 6.16 Å². The lowest BCUT2D eigenvalue weighted by atomic mass is 10.6. The summed E-state index contributed by atoms with van der Waals surface area (Å²) in [4.78, 5) is 10.1. The Morgan fingerprint density at radius 2 is 2.44 bits per heavy atom. The van der Waals surface area contributed by atoms with Gasteiger partial charge in [0.25, 0.3) is 0 Å². The topological polar surface area (TPSA) is 35.5 Å². The van der Waals surface area contributed by atoms with E-state index in [-0.39, 0.29) is 6.61 Å². The Labute approximate surface area is 54.0 Å². The van der Waals surface area contributed by atoms with Crippen molar-refractivity contribution in [1.29, 1.82) is 0 Å². The lowest BCUT2D eigenvalue weighted by Crippen LogP contribution is -2.02. The van der Waals surface area contributed by atoms with Crippen LogP contribution in [0.3, 0.4) is 0 Å². The zero-order chi connectivity index (χ0) is 7.11. The van der Waals surface area contributed by atoms with Crippen LogP contribution in [-0.2, 0) is 9.47 Å². The summed E-state index contributed by atoms with van der Waals surface area (Å²) in [5, 5.41) is 0. The van der Waals surface area contributed by atoms with Gasteiger partial charge in [0.1, 0.15) is 7.11 Å². The molecule has 0 saturated heterocycles. The predicted octanol–water partition coefficient (Wildman–Crippen LogP) is 0.954. The molecule has 0 aliphatic heterocycles. The molecule has 0 rings (SSSR count). The molecule has 0 spiro atoms. The summed E-state index contributed by atoms with van der Waals surface area (Å²) in [7, 11) is 2.84. The minimum atomic E-state index is -0.808. The van der Waals surface area contributed by atoms with Crippen LogP contribution in [0.1, 0.15) is 6.92 Å². The zero-order valence-corrected chi connectivity index (χ0v) is 5.14. The summed E-state index contributed by atoms with van der Waals surface area (Å²) in [6, 6.07) is 0. The van der Waals surface area contributed by atoms with Crippen LogP contribution in [0.2, 0.25) is 0 Å². The summed E-state index contributed by atoms with van der Waals surface area (Å²) in [6.45, 7) is 1.71. The van der Waals surface area contributed by atoms with E-state index in [1.807, 2.05) is 0 Å². The Kier molecular flexibility index (Phi) is 4.33. The van der Waals surface area contributed by atoms with Crippen molar-refractivity contribution in [3.63, 3.8) is 0 Å². The van der Waals surface area contributed by atoms with Gasteiger partial charge in [0.15, 0.2) is 6.61 Å². The first-order chi connectivity index (χ1) is 4.31. The molecule has 0 aromatic rings. The Balaban J connectivity index is 3.24. The third kappa shape index (κ3) is 4.69. The van der Waals surface area contributed by atoms with E-state index in [2.05, 4.69) is 28.4 Å². The monoisotopic (exact) mass is 127 g/mol. The van der Waals surface area contributed by atoms with E-state index < -0.39 is 6.16 Å². The maximum Gasteiger partial charge on any atom is 0.509 e. The molecule has 0 N–H and O–H groups in total. The quantitative estimate of drug-likeness (QED) is 0.388. The number of carbonyl (C=O) groups is 1. The van der Waals surface area contributed by atoms with Gasteiger partial charge in [-0.1, -0.05) is 5.92 Å². The molecule has 0 aliphatic carbocycles. The Bertz CT molecular complexity index is 140. The number of rotatable bonds is 1. The highest BCUT2D eigenvalue weighted by Gasteiger charge is 1.94. The molecule has 49 valence electrons. The van der Waals surface area contributed by atoms with Crippen LogP contribution < -0.4 is 0 Å². The smallest absolute Gasteiger partial charge is 0.431 e. The maximum atomic E-state index is 10.1. The van der Waals surface area contributed by atoms with Gasteiger partial charge in [-0.3, -0.25) is 0 Å². The number of hydrogen-bond donors (Lipinski definition) is 0. The molecule has 0 bridgehead atoms. The lowest BCUT2D eigenvalue weighted by molar-refractivity contribution is 0.0941. The van der Waals surface area contributed by atoms with Gasteiger partial charge in [0.05, 0.1) is 0 Å². The first kappa shape index (κ1) is 7.83. The highest BCUT2D eigenvalue weighted by molar-refractivity contribution is 5.60. The third-order valence-electron chi connectivity index (χ3n) is 0.557. The van der Waals surface area contributed by atoms with E-state index in [9.17, 15) is 4.79 Å². The minimum Gasteiger partial charge on any atom is -0.431 e. The molecular weight excluding hydrogens is 120 g/mol. The van der Waals surface area contributed by atoms with E-state index in [0.29, 0.717) is 0 Å². The second kappa shape index (κ2) is 4.98. The molecule has 0 heterocycles. The summed E-state index contributed by atoms with van der Waals surface area (Å²) in [6.07, 6.45) is -0.808. The molecule has 0 aromatic carbocycles. The van der Waals surface area contributed by atoms with Crippen molar-refractivity contribution >= 4 is 6.16 Å². The first-order valence-electron chi connectivity index (χ1n) is 2.29. The van der Waals surface area contributed by atoms with Gasteiger partial charge in [-0.15, -0.1) is 5.92 Å². The van der Waals surface area contributed by atoms with Crippen molar-refractivity contribution in [2.45, 2.75) is 6.92 Å². The van der Waals surface area contributed by atoms with E-state index in [0.717, 1.165) is 0 Å². The SMILES string of the molecule is [CH2]OC(=O)OCC#CC. The van der Waals surface area contributed by atoms with Crippen LogP contribution in [0, 0.1) is 19.0 Å². The fraction of sp³-hybridized carbons (Fsp3) is 0.333. The minimum absolute atomic E-state index is 0.0604. The standard InChI is InChI=1S/C6H7O3/c1-3-4-5-9-6(7)8-2/h2,5H2,1H3. The summed E-state index contributed by atoms with van der Waals surface area (Å²) in [5.74, 6) is 5.06. The fourth-order valence-electron chi connectivity index (χ4n) is 0.209. The van der Waals surface area contributed by atoms with Crippen LogP contribution in [0.5, 0.6) is 0 Å². The summed E-state index contributed by atoms with van der Waals surface area (Å²) < 4.78 is 8.25. The number of hydrogen-bond acceptors (Lipinski definition) is 3. The number of carbonyl (C=O) groups excluding carboxylic acids is 1. The van der Waals surface area contributed by atoms with Gasteiger partial charge < -0.3 is 9.47 Å². The van der Waals surface area contributed by atoms with Crippen molar-refractivity contribution < 1.29 is 14.3 Å². The molecule has 0 aliphatic rings. The van der Waals surface area contributed by atoms with Gasteiger partial charge in [-0.2, -0.15) is 0 Å². The number of ether oxygens (including phenoxy) is 2. The molecule has 0 unspecified atom stereocenters. The van der Waals surface area contributed by atoms with Gasteiger partial charge in [-0.25, -0.2) is 4.79 Å². The largest absolute Gasteiger partial charge is 0.509 e. The first-order valence-corrected chi connectivity index (χ1v) is 2.29. The predicted molar refractivity (Wildman–Crippen MR) is 31.2 cm³/mol. The van der Waals surface area contributed by atoms with Gasteiger partial charge in [0.2, 0.25) is 0 Å². The Morgan fingerprint density at radius 3 is 2.89 bits per heavy atom. The molecule has 3 nitrogen and oxygen atoms in total. The van der Waals surface area contributed by atoms with Crippen LogP contribution in [-0.4, -0.2) is 12.8 Å². The average molecular weight is 127 g/mol. The van der Waals surface area contributed by atoms with Gasteiger partial charge in [-0.05, 0) is 6.92 Å². The molecule has 0 aromatic heterocycles. The van der Waals surface area contributed by atoms with E-state index >= 15 is 0 Å². The Morgan fingerprint density at radius 1 is 1.78 bits per heavy atom. The molecule has 0 saturated carbocycles. The van der Waals surface area contributed by atoms with E-state index in [1.54, 1.807) is 6.92 Å². The second-order valence-corrected chi connectivity index (χ2v) is 1.11. The normalized spacial score (nSPS) is 6.89. The second-order valence-electron chi connectivity index (χ2n) is 1.11. The van der Waals surface area contributed by atoms with E-state index in [4.69, 9.17) is 0 Å². The maximum absolute atomic E-state index is 10.1. The highest BCUT2D eigenvalue weighted by Crippen LogP contribution is 1.80. The van der Waals surface area contributed by atoms with Gasteiger partial charge in [0, 0.05) is 0 Å². The molecule has 0 amide bonds. The molecule has 9 heavy (non-hydrogen) atoms. The van der Waals surface area contributed by atoms with Crippen LogP contribution in [0.25, 0.3) is 0 Å². The van der Waals surface area contributed by atoms with Crippen LogP contribution in [0.4, 0.5) is 4.79 Å². The molecule has 3 heteroatoms. The summed E-state index contributed by atoms with van der Waals surface area (Å²) >= 11 is 0. The highest BCUT2D eigenvalue weighted by atomic mass is 16.7. The molecule has 0 atom stereocenters. The average Bonchev–Trinajstić information content (AvgIpc) is 1.89. The van der Waals surface area contributed by atoms with Crippen molar-refractivity contribution in [1.82, 2.24) is 0 Å². The third-order valence-corrected chi connectivity index (χ3v) is 0.557. The van der Waals surface area contributed by atoms with Crippen molar-refractivity contribution in [3.05, 3.63) is 7.11 Å². The molecule has 0 fully saturated rings. The summed E-state index contributed by atoms with van der Waals surface area (Å²) in [5.41, 5.74) is 0. The van der Waals surface area contributed by atoms with E-state index in [1.165, 1.54) is 0 Å². The Hall–Kier alpha value is -1.17. The molecular formula is C6H7O3.